The highest BCUT2D eigenvalue weighted by Crippen LogP contribution is 2.38. The molecule has 1 N–H and O–H groups in total. The van der Waals surface area contributed by atoms with Crippen molar-refractivity contribution in [3.05, 3.63) is 47.0 Å². The van der Waals surface area contributed by atoms with Gasteiger partial charge in [-0.1, -0.05) is 52.7 Å². The third-order valence-electron chi connectivity index (χ3n) is 3.43. The molecule has 0 saturated carbocycles. The van der Waals surface area contributed by atoms with E-state index in [9.17, 15) is 9.59 Å². The van der Waals surface area contributed by atoms with Gasteiger partial charge in [0.25, 0.3) is 11.8 Å². The van der Waals surface area contributed by atoms with E-state index in [4.69, 9.17) is 23.2 Å². The van der Waals surface area contributed by atoms with Crippen molar-refractivity contribution >= 4 is 51.9 Å². The predicted octanol–water partition coefficient (Wildman–Crippen LogP) is 2.64. The van der Waals surface area contributed by atoms with Crippen molar-refractivity contribution in [3.63, 3.8) is 0 Å². The highest BCUT2D eigenvalue weighted by molar-refractivity contribution is 8.16. The minimum Gasteiger partial charge on any atom is -0.319 e. The number of halogens is 2. The molecule has 5 nitrogen and oxygen atoms in total. The van der Waals surface area contributed by atoms with E-state index in [1.165, 1.54) is 16.7 Å². The Hall–Kier alpha value is -1.50. The highest BCUT2D eigenvalue weighted by atomic mass is 35.5. The number of carbonyl (C=O) groups is 2. The van der Waals surface area contributed by atoms with Crippen molar-refractivity contribution < 1.29 is 9.59 Å². The van der Waals surface area contributed by atoms with Crippen LogP contribution in [0.5, 0.6) is 0 Å². The molecule has 0 spiro atoms. The standard InChI is InChI=1S/C14H11Cl2N3O2S/c1-8-2-4-9(5-3-8)10(20)18-14(11(15)16)12(21)17-13-19(14)6-7-22-13/h2-7,11H,1H3,(H,18,20)/t14-/m0/s1. The van der Waals surface area contributed by atoms with E-state index in [0.29, 0.717) is 10.7 Å². The lowest BCUT2D eigenvalue weighted by atomic mass is 10.1. The maximum Gasteiger partial charge on any atom is 0.298 e. The van der Waals surface area contributed by atoms with Gasteiger partial charge in [0.05, 0.1) is 0 Å². The van der Waals surface area contributed by atoms with Gasteiger partial charge in [0, 0.05) is 11.8 Å². The minimum absolute atomic E-state index is 0.413. The van der Waals surface area contributed by atoms with E-state index in [1.54, 1.807) is 23.7 Å². The number of nitrogens with zero attached hydrogens (tertiary/aromatic N) is 2. The number of aryl methyl sites for hydroxylation is 1. The number of amides is 2. The molecule has 0 aliphatic carbocycles. The smallest absolute Gasteiger partial charge is 0.298 e. The SMILES string of the molecule is Cc1ccc(C(=O)N[C@]2(C(Cl)Cl)C(=O)N=C3SC=CN32)cc1. The molecule has 3 rings (SSSR count). The van der Waals surface area contributed by atoms with E-state index in [-0.39, 0.29) is 0 Å². The third kappa shape index (κ3) is 2.31. The van der Waals surface area contributed by atoms with Crippen LogP contribution in [0.3, 0.4) is 0 Å². The summed E-state index contributed by atoms with van der Waals surface area (Å²) in [6.45, 7) is 1.92. The lowest BCUT2D eigenvalue weighted by molar-refractivity contribution is -0.125. The number of fused-ring (bicyclic) bond motifs is 1. The van der Waals surface area contributed by atoms with Crippen LogP contribution in [0.25, 0.3) is 0 Å². The van der Waals surface area contributed by atoms with E-state index >= 15 is 0 Å². The minimum atomic E-state index is -1.61. The molecule has 0 bridgehead atoms. The van der Waals surface area contributed by atoms with E-state index in [1.807, 2.05) is 19.1 Å². The molecule has 114 valence electrons. The Kier molecular flexibility index (Phi) is 3.92. The van der Waals surface area contributed by atoms with E-state index in [0.717, 1.165) is 5.56 Å². The molecule has 2 aliphatic heterocycles. The van der Waals surface area contributed by atoms with E-state index < -0.39 is 22.3 Å². The van der Waals surface area contributed by atoms with Crippen LogP contribution in [-0.4, -0.2) is 32.4 Å². The zero-order valence-electron chi connectivity index (χ0n) is 11.4. The summed E-state index contributed by atoms with van der Waals surface area (Å²) in [5, 5.41) is 4.83. The van der Waals surface area contributed by atoms with Crippen molar-refractivity contribution in [3.8, 4) is 0 Å². The van der Waals surface area contributed by atoms with Crippen molar-refractivity contribution in [1.82, 2.24) is 10.2 Å². The predicted molar refractivity (Wildman–Crippen MR) is 87.9 cm³/mol. The van der Waals surface area contributed by atoms with Crippen LogP contribution in [0.2, 0.25) is 0 Å². The maximum atomic E-state index is 12.5. The molecule has 2 heterocycles. The first-order valence-corrected chi connectivity index (χ1v) is 8.13. The number of aliphatic imine (C=N–C) groups is 1. The molecule has 1 atom stereocenters. The molecule has 0 aromatic heterocycles. The number of carbonyl (C=O) groups excluding carboxylic acids is 2. The van der Waals surface area contributed by atoms with Crippen molar-refractivity contribution in [1.29, 1.82) is 0 Å². The zero-order valence-corrected chi connectivity index (χ0v) is 13.7. The van der Waals surface area contributed by atoms with Gasteiger partial charge in [0.2, 0.25) is 5.66 Å². The zero-order chi connectivity index (χ0) is 15.9. The van der Waals surface area contributed by atoms with Gasteiger partial charge in [-0.25, -0.2) is 0 Å². The molecule has 22 heavy (non-hydrogen) atoms. The number of thioether (sulfide) groups is 1. The number of hydrogen-bond acceptors (Lipinski definition) is 4. The van der Waals surface area contributed by atoms with Crippen molar-refractivity contribution in [2.75, 3.05) is 0 Å². The Morgan fingerprint density at radius 1 is 1.36 bits per heavy atom. The number of rotatable bonds is 3. The van der Waals surface area contributed by atoms with Gasteiger partial charge in [0.15, 0.2) is 10.0 Å². The summed E-state index contributed by atoms with van der Waals surface area (Å²) in [5.74, 6) is -1.03. The molecule has 1 aromatic rings. The lowest BCUT2D eigenvalue weighted by Gasteiger charge is -2.35. The molecular formula is C14H11Cl2N3O2S. The molecule has 0 radical (unpaired) electrons. The monoisotopic (exact) mass is 355 g/mol. The fraction of sp³-hybridized carbons (Fsp3) is 0.214. The van der Waals surface area contributed by atoms with Gasteiger partial charge in [-0.3, -0.25) is 14.5 Å². The molecule has 2 aliphatic rings. The largest absolute Gasteiger partial charge is 0.319 e. The number of amidine groups is 1. The van der Waals surface area contributed by atoms with Crippen LogP contribution in [0.15, 0.2) is 40.9 Å². The second-order valence-corrected chi connectivity index (χ2v) is 6.83. The van der Waals surface area contributed by atoms with Gasteiger partial charge in [-0.05, 0) is 24.5 Å². The molecule has 2 amide bonds. The second kappa shape index (κ2) is 5.61. The molecule has 0 fully saturated rings. The average molecular weight is 356 g/mol. The number of alkyl halides is 2. The van der Waals surface area contributed by atoms with Crippen LogP contribution < -0.4 is 5.32 Å². The highest BCUT2D eigenvalue weighted by Gasteiger charge is 2.57. The topological polar surface area (TPSA) is 61.8 Å². The summed E-state index contributed by atoms with van der Waals surface area (Å²) in [7, 11) is 0. The first kappa shape index (κ1) is 15.4. The first-order valence-electron chi connectivity index (χ1n) is 6.38. The Morgan fingerprint density at radius 2 is 2.05 bits per heavy atom. The van der Waals surface area contributed by atoms with Crippen molar-refractivity contribution in [2.45, 2.75) is 17.4 Å². The van der Waals surface area contributed by atoms with Crippen LogP contribution >= 0.6 is 35.0 Å². The molecule has 0 saturated heterocycles. The number of nitrogens with one attached hydrogen (secondary N) is 1. The summed E-state index contributed by atoms with van der Waals surface area (Å²) in [4.78, 5) is 29.0. The normalized spacial score (nSPS) is 23.0. The summed E-state index contributed by atoms with van der Waals surface area (Å²) < 4.78 is 0. The Bertz CT molecular complexity index is 703. The van der Waals surface area contributed by atoms with Crippen LogP contribution in [-0.2, 0) is 4.79 Å². The van der Waals surface area contributed by atoms with Crippen LogP contribution in [0.4, 0.5) is 0 Å². The fourth-order valence-electron chi connectivity index (χ4n) is 2.21. The van der Waals surface area contributed by atoms with Gasteiger partial charge in [0.1, 0.15) is 0 Å². The third-order valence-corrected chi connectivity index (χ3v) is 4.81. The summed E-state index contributed by atoms with van der Waals surface area (Å²) in [5.41, 5.74) is -0.170. The second-order valence-electron chi connectivity index (χ2n) is 4.86. The molecular weight excluding hydrogens is 345 g/mol. The number of hydrogen-bond donors (Lipinski definition) is 1. The fourth-order valence-corrected chi connectivity index (χ4v) is 3.48. The first-order chi connectivity index (χ1) is 10.4. The molecule has 8 heteroatoms. The number of benzene rings is 1. The molecule has 1 aromatic carbocycles. The maximum absolute atomic E-state index is 12.5. The van der Waals surface area contributed by atoms with Gasteiger partial charge in [-0.2, -0.15) is 4.99 Å². The quantitative estimate of drug-likeness (QED) is 0.846. The summed E-state index contributed by atoms with van der Waals surface area (Å²) in [6, 6.07) is 6.96. The Balaban J connectivity index is 1.93. The Labute approximate surface area is 141 Å². The van der Waals surface area contributed by atoms with Gasteiger partial charge >= 0.3 is 0 Å². The van der Waals surface area contributed by atoms with Gasteiger partial charge < -0.3 is 5.32 Å². The Morgan fingerprint density at radius 3 is 2.68 bits per heavy atom. The average Bonchev–Trinajstić information content (AvgIpc) is 3.01. The van der Waals surface area contributed by atoms with E-state index in [2.05, 4.69) is 10.3 Å². The lowest BCUT2D eigenvalue weighted by Crippen LogP contribution is -2.64. The van der Waals surface area contributed by atoms with Crippen LogP contribution in [0.1, 0.15) is 15.9 Å². The summed E-state index contributed by atoms with van der Waals surface area (Å²) in [6.07, 6.45) is 1.63. The van der Waals surface area contributed by atoms with Crippen molar-refractivity contribution in [2.24, 2.45) is 4.99 Å². The molecule has 0 unspecified atom stereocenters. The van der Waals surface area contributed by atoms with Gasteiger partial charge in [-0.15, -0.1) is 0 Å². The van der Waals surface area contributed by atoms with Crippen LogP contribution in [0, 0.1) is 6.92 Å². The summed E-state index contributed by atoms with van der Waals surface area (Å²) >= 11 is 13.3.